The van der Waals surface area contributed by atoms with Gasteiger partial charge in [-0.3, -0.25) is 9.78 Å². The number of nitrogens with one attached hydrogen (secondary N) is 1. The summed E-state index contributed by atoms with van der Waals surface area (Å²) in [5.41, 5.74) is 10.7. The summed E-state index contributed by atoms with van der Waals surface area (Å²) in [5.74, 6) is -0.438. The topological polar surface area (TPSA) is 122 Å². The molecule has 0 unspecified atom stereocenters. The average molecular weight is 483 g/mol. The zero-order valence-corrected chi connectivity index (χ0v) is 20.0. The molecule has 3 aromatic heterocycles. The lowest BCUT2D eigenvalue weighted by Crippen LogP contribution is -2.51. The molecule has 0 radical (unpaired) electrons. The maximum atomic E-state index is 13.1. The van der Waals surface area contributed by atoms with E-state index in [1.165, 1.54) is 17.3 Å². The Morgan fingerprint density at radius 1 is 1.26 bits per heavy atom. The number of nitrogens with two attached hydrogens (primary N) is 1. The summed E-state index contributed by atoms with van der Waals surface area (Å²) in [4.78, 5) is 33.5. The Hall–Kier alpha value is -3.31. The van der Waals surface area contributed by atoms with Crippen LogP contribution in [0.1, 0.15) is 47.8 Å². The second-order valence-electron chi connectivity index (χ2n) is 8.56. The van der Waals surface area contributed by atoms with Crippen LogP contribution in [0.25, 0.3) is 0 Å². The van der Waals surface area contributed by atoms with E-state index in [4.69, 9.17) is 5.73 Å². The van der Waals surface area contributed by atoms with E-state index in [0.717, 1.165) is 43.6 Å². The van der Waals surface area contributed by atoms with E-state index in [2.05, 4.69) is 43.9 Å². The van der Waals surface area contributed by atoms with Gasteiger partial charge < -0.3 is 15.5 Å². The molecule has 1 saturated heterocycles. The molecule has 1 aliphatic heterocycles. The van der Waals surface area contributed by atoms with Crippen LogP contribution in [0.3, 0.4) is 0 Å². The van der Waals surface area contributed by atoms with Gasteiger partial charge >= 0.3 is 6.03 Å². The minimum atomic E-state index is -0.438. The SMILES string of the molecule is C[C@H](CCc1ncccc1C(N)=O)N1CCC(N(Cc2ccsc2)C(=O)Nn2cnnc2)CC1. The molecular formula is C23H30N8O2S. The van der Waals surface area contributed by atoms with Crippen molar-refractivity contribution in [3.8, 4) is 0 Å². The monoisotopic (exact) mass is 482 g/mol. The van der Waals surface area contributed by atoms with Gasteiger partial charge in [-0.1, -0.05) is 0 Å². The molecule has 3 aromatic rings. The molecule has 0 bridgehead atoms. The highest BCUT2D eigenvalue weighted by atomic mass is 32.1. The zero-order chi connectivity index (χ0) is 23.9. The Morgan fingerprint density at radius 2 is 2.03 bits per heavy atom. The molecule has 0 aromatic carbocycles. The van der Waals surface area contributed by atoms with E-state index in [1.54, 1.807) is 29.7 Å². The van der Waals surface area contributed by atoms with Gasteiger partial charge in [-0.05, 0) is 67.1 Å². The van der Waals surface area contributed by atoms with Gasteiger partial charge in [-0.15, -0.1) is 10.2 Å². The van der Waals surface area contributed by atoms with Crippen molar-refractivity contribution in [2.75, 3.05) is 18.5 Å². The Balaban J connectivity index is 1.34. The highest BCUT2D eigenvalue weighted by Gasteiger charge is 2.30. The summed E-state index contributed by atoms with van der Waals surface area (Å²) in [6.07, 6.45) is 8.00. The minimum absolute atomic E-state index is 0.136. The third-order valence-electron chi connectivity index (χ3n) is 6.36. The largest absolute Gasteiger partial charge is 0.366 e. The first-order chi connectivity index (χ1) is 16.5. The first-order valence-electron chi connectivity index (χ1n) is 11.4. The number of aryl methyl sites for hydroxylation is 1. The number of amides is 3. The number of carbonyl (C=O) groups is 2. The quantitative estimate of drug-likeness (QED) is 0.483. The van der Waals surface area contributed by atoms with Gasteiger partial charge in [0.1, 0.15) is 12.7 Å². The average Bonchev–Trinajstić information content (AvgIpc) is 3.55. The molecule has 10 nitrogen and oxygen atoms in total. The number of hydrogen-bond acceptors (Lipinski definition) is 7. The maximum absolute atomic E-state index is 13.1. The van der Waals surface area contributed by atoms with Crippen LogP contribution in [0.2, 0.25) is 0 Å². The Kier molecular flexibility index (Phi) is 7.86. The van der Waals surface area contributed by atoms with Crippen LogP contribution in [0.15, 0.2) is 47.8 Å². The summed E-state index contributed by atoms with van der Waals surface area (Å²) in [7, 11) is 0. The lowest BCUT2D eigenvalue weighted by atomic mass is 9.99. The van der Waals surface area contributed by atoms with Gasteiger partial charge in [-0.2, -0.15) is 11.3 Å². The number of aromatic nitrogens is 4. The highest BCUT2D eigenvalue weighted by molar-refractivity contribution is 7.07. The lowest BCUT2D eigenvalue weighted by Gasteiger charge is -2.40. The van der Waals surface area contributed by atoms with Gasteiger partial charge in [0.15, 0.2) is 0 Å². The predicted octanol–water partition coefficient (Wildman–Crippen LogP) is 2.48. The summed E-state index contributed by atoms with van der Waals surface area (Å²) < 4.78 is 1.47. The van der Waals surface area contributed by atoms with Crippen LogP contribution >= 0.6 is 11.3 Å². The molecule has 11 heteroatoms. The summed E-state index contributed by atoms with van der Waals surface area (Å²) in [5, 5.41) is 11.6. The molecule has 0 spiro atoms. The van der Waals surface area contributed by atoms with Crippen molar-refractivity contribution in [3.05, 3.63) is 64.6 Å². The fourth-order valence-corrected chi connectivity index (χ4v) is 5.07. The maximum Gasteiger partial charge on any atom is 0.337 e. The van der Waals surface area contributed by atoms with E-state index < -0.39 is 5.91 Å². The van der Waals surface area contributed by atoms with Crippen molar-refractivity contribution in [2.45, 2.75) is 51.2 Å². The van der Waals surface area contributed by atoms with E-state index in [-0.39, 0.29) is 12.1 Å². The molecule has 0 aliphatic carbocycles. The highest BCUT2D eigenvalue weighted by Crippen LogP contribution is 2.23. The van der Waals surface area contributed by atoms with Crippen molar-refractivity contribution in [1.29, 1.82) is 0 Å². The molecule has 4 rings (SSSR count). The van der Waals surface area contributed by atoms with E-state index >= 15 is 0 Å². The fourth-order valence-electron chi connectivity index (χ4n) is 4.41. The van der Waals surface area contributed by atoms with Gasteiger partial charge in [0.2, 0.25) is 0 Å². The standard InChI is InChI=1S/C23H30N8O2S/c1-17(4-5-21-20(22(24)32)3-2-9-25-21)29-10-6-19(7-11-29)31(13-18-8-12-34-14-18)23(33)28-30-15-26-27-16-30/h2-3,8-9,12,14-17,19H,4-7,10-11,13H2,1H3,(H2,24,32)(H,28,33)/t17-/m1/s1. The van der Waals surface area contributed by atoms with Crippen LogP contribution in [0, 0.1) is 0 Å². The van der Waals surface area contributed by atoms with Crippen LogP contribution in [-0.4, -0.2) is 66.8 Å². The molecule has 1 fully saturated rings. The first kappa shape index (κ1) is 23.8. The molecule has 3 N–H and O–H groups in total. The van der Waals surface area contributed by atoms with Gasteiger partial charge in [0.05, 0.1) is 11.3 Å². The Labute approximate surface area is 202 Å². The van der Waals surface area contributed by atoms with E-state index in [0.29, 0.717) is 24.6 Å². The summed E-state index contributed by atoms with van der Waals surface area (Å²) in [6, 6.07) is 5.83. The van der Waals surface area contributed by atoms with Crippen LogP contribution in [0.4, 0.5) is 4.79 Å². The number of likely N-dealkylation sites (tertiary alicyclic amines) is 1. The number of primary amides is 1. The number of rotatable bonds is 9. The van der Waals surface area contributed by atoms with Gasteiger partial charge in [0.25, 0.3) is 5.91 Å². The second-order valence-corrected chi connectivity index (χ2v) is 9.34. The number of hydrogen-bond donors (Lipinski definition) is 2. The molecular weight excluding hydrogens is 452 g/mol. The summed E-state index contributed by atoms with van der Waals surface area (Å²) in [6.45, 7) is 4.57. The minimum Gasteiger partial charge on any atom is -0.366 e. The molecule has 0 saturated carbocycles. The molecule has 1 atom stereocenters. The smallest absolute Gasteiger partial charge is 0.337 e. The number of urea groups is 1. The summed E-state index contributed by atoms with van der Waals surface area (Å²) >= 11 is 1.63. The van der Waals surface area contributed by atoms with Crippen molar-refractivity contribution in [1.82, 2.24) is 29.7 Å². The number of thiophene rings is 1. The molecule has 3 amide bonds. The number of pyridine rings is 1. The third-order valence-corrected chi connectivity index (χ3v) is 7.09. The molecule has 34 heavy (non-hydrogen) atoms. The fraction of sp³-hybridized carbons (Fsp3) is 0.435. The second kappa shape index (κ2) is 11.2. The van der Waals surface area contributed by atoms with Crippen molar-refractivity contribution in [3.63, 3.8) is 0 Å². The molecule has 180 valence electrons. The zero-order valence-electron chi connectivity index (χ0n) is 19.2. The van der Waals surface area contributed by atoms with Crippen LogP contribution in [-0.2, 0) is 13.0 Å². The lowest BCUT2D eigenvalue weighted by molar-refractivity contribution is 0.0974. The predicted molar refractivity (Wildman–Crippen MR) is 130 cm³/mol. The first-order valence-corrected chi connectivity index (χ1v) is 12.4. The van der Waals surface area contributed by atoms with Gasteiger partial charge in [-0.25, -0.2) is 14.9 Å². The normalized spacial score (nSPS) is 15.7. The molecule has 1 aliphatic rings. The van der Waals surface area contributed by atoms with Gasteiger partial charge in [0, 0.05) is 37.9 Å². The van der Waals surface area contributed by atoms with Crippen molar-refractivity contribution < 1.29 is 9.59 Å². The number of carbonyl (C=O) groups excluding carboxylic acids is 2. The third kappa shape index (κ3) is 5.97. The van der Waals surface area contributed by atoms with Crippen molar-refractivity contribution in [2.24, 2.45) is 5.73 Å². The van der Waals surface area contributed by atoms with E-state index in [9.17, 15) is 9.59 Å². The number of nitrogens with zero attached hydrogens (tertiary/aromatic N) is 6. The van der Waals surface area contributed by atoms with Crippen LogP contribution < -0.4 is 11.2 Å². The molecule has 4 heterocycles. The van der Waals surface area contributed by atoms with Crippen LogP contribution in [0.5, 0.6) is 0 Å². The van der Waals surface area contributed by atoms with Crippen molar-refractivity contribution >= 4 is 23.3 Å². The number of piperidine rings is 1. The Bertz CT molecular complexity index is 1060. The van der Waals surface area contributed by atoms with E-state index in [1.807, 2.05) is 10.3 Å². The Morgan fingerprint density at radius 3 is 2.71 bits per heavy atom.